The zero-order chi connectivity index (χ0) is 13.2. The topological polar surface area (TPSA) is 39.1 Å². The van der Waals surface area contributed by atoms with Crippen molar-refractivity contribution in [1.82, 2.24) is 5.32 Å². The predicted molar refractivity (Wildman–Crippen MR) is 61.2 cm³/mol. The smallest absolute Gasteiger partial charge is 0.369 e. The molecule has 0 radical (unpaired) electrons. The lowest BCUT2D eigenvalue weighted by atomic mass is 10.1. The fourth-order valence-corrected chi connectivity index (χ4v) is 1.99. The van der Waals surface area contributed by atoms with Crippen molar-refractivity contribution in [1.29, 1.82) is 5.26 Å². The van der Waals surface area contributed by atoms with Crippen molar-refractivity contribution in [2.24, 2.45) is 0 Å². The van der Waals surface area contributed by atoms with Crippen molar-refractivity contribution < 1.29 is 13.2 Å². The fraction of sp³-hybridized carbons (Fsp3) is 0.417. The molecule has 0 aliphatic carbocycles. The molecule has 0 amide bonds. The first kappa shape index (κ1) is 12.7. The van der Waals surface area contributed by atoms with Gasteiger partial charge in [-0.25, -0.2) is 0 Å². The summed E-state index contributed by atoms with van der Waals surface area (Å²) in [5.41, 5.74) is -0.525. The Morgan fingerprint density at radius 2 is 1.89 bits per heavy atom. The van der Waals surface area contributed by atoms with E-state index >= 15 is 0 Å². The molecule has 1 aliphatic heterocycles. The Bertz CT molecular complexity index is 470. The van der Waals surface area contributed by atoms with Crippen molar-refractivity contribution in [2.45, 2.75) is 6.18 Å². The molecule has 0 aromatic heterocycles. The van der Waals surface area contributed by atoms with Crippen LogP contribution in [0.5, 0.6) is 0 Å². The second-order valence-electron chi connectivity index (χ2n) is 4.08. The Labute approximate surface area is 103 Å². The van der Waals surface area contributed by atoms with Crippen LogP contribution in [-0.4, -0.2) is 26.2 Å². The van der Waals surface area contributed by atoms with E-state index in [9.17, 15) is 13.2 Å². The molecule has 96 valence electrons. The van der Waals surface area contributed by atoms with Crippen molar-refractivity contribution in [2.75, 3.05) is 31.1 Å². The predicted octanol–water partition coefficient (Wildman–Crippen LogP) is 1.99. The molecule has 1 saturated heterocycles. The van der Waals surface area contributed by atoms with Crippen LogP contribution in [0.15, 0.2) is 18.2 Å². The summed E-state index contributed by atoms with van der Waals surface area (Å²) in [6, 6.07) is 5.34. The van der Waals surface area contributed by atoms with Gasteiger partial charge in [0.15, 0.2) is 0 Å². The Balaban J connectivity index is 2.33. The third-order valence-corrected chi connectivity index (χ3v) is 2.91. The zero-order valence-electron chi connectivity index (χ0n) is 9.59. The van der Waals surface area contributed by atoms with Gasteiger partial charge in [0.05, 0.1) is 17.2 Å². The van der Waals surface area contributed by atoms with E-state index in [0.717, 1.165) is 32.2 Å². The largest absolute Gasteiger partial charge is 0.417 e. The first-order valence-electron chi connectivity index (χ1n) is 5.59. The van der Waals surface area contributed by atoms with E-state index in [4.69, 9.17) is 5.26 Å². The first-order valence-corrected chi connectivity index (χ1v) is 5.59. The van der Waals surface area contributed by atoms with Crippen molar-refractivity contribution in [3.63, 3.8) is 0 Å². The molecule has 1 aromatic rings. The SMILES string of the molecule is N#Cc1cc(N2CCNCC2)ccc1C(F)(F)F. The molecule has 0 atom stereocenters. The maximum Gasteiger partial charge on any atom is 0.417 e. The lowest BCUT2D eigenvalue weighted by Gasteiger charge is -2.29. The monoisotopic (exact) mass is 255 g/mol. The highest BCUT2D eigenvalue weighted by Gasteiger charge is 2.33. The number of halogens is 3. The summed E-state index contributed by atoms with van der Waals surface area (Å²) >= 11 is 0. The molecule has 0 bridgehead atoms. The van der Waals surface area contributed by atoms with Gasteiger partial charge >= 0.3 is 6.18 Å². The Morgan fingerprint density at radius 1 is 1.22 bits per heavy atom. The second kappa shape index (κ2) is 4.86. The van der Waals surface area contributed by atoms with Gasteiger partial charge in [0, 0.05) is 31.9 Å². The van der Waals surface area contributed by atoms with Crippen molar-refractivity contribution >= 4 is 5.69 Å². The molecule has 1 fully saturated rings. The minimum Gasteiger partial charge on any atom is -0.369 e. The number of anilines is 1. The maximum absolute atomic E-state index is 12.6. The van der Waals surface area contributed by atoms with Gasteiger partial charge in [0.2, 0.25) is 0 Å². The zero-order valence-corrected chi connectivity index (χ0v) is 9.59. The second-order valence-corrected chi connectivity index (χ2v) is 4.08. The van der Waals surface area contributed by atoms with Crippen LogP contribution in [0, 0.1) is 11.3 Å². The van der Waals surface area contributed by atoms with Crippen LogP contribution in [0.3, 0.4) is 0 Å². The molecule has 2 rings (SSSR count). The van der Waals surface area contributed by atoms with Crippen LogP contribution in [-0.2, 0) is 6.18 Å². The lowest BCUT2D eigenvalue weighted by Crippen LogP contribution is -2.43. The minimum absolute atomic E-state index is 0.321. The highest BCUT2D eigenvalue weighted by Crippen LogP contribution is 2.33. The Morgan fingerprint density at radius 3 is 2.44 bits per heavy atom. The van der Waals surface area contributed by atoms with Crippen molar-refractivity contribution in [3.05, 3.63) is 29.3 Å². The number of alkyl halides is 3. The number of nitriles is 1. The summed E-state index contributed by atoms with van der Waals surface area (Å²) in [7, 11) is 0. The summed E-state index contributed by atoms with van der Waals surface area (Å²) in [6.45, 7) is 3.05. The van der Waals surface area contributed by atoms with Gasteiger partial charge in [0.1, 0.15) is 0 Å². The van der Waals surface area contributed by atoms with Gasteiger partial charge in [-0.3, -0.25) is 0 Å². The van der Waals surface area contributed by atoms with Gasteiger partial charge in [-0.1, -0.05) is 0 Å². The third kappa shape index (κ3) is 2.57. The number of rotatable bonds is 1. The summed E-state index contributed by atoms with van der Waals surface area (Å²) in [5, 5.41) is 12.0. The van der Waals surface area contributed by atoms with Crippen LogP contribution in [0.4, 0.5) is 18.9 Å². The molecule has 0 unspecified atom stereocenters. The molecule has 0 saturated carbocycles. The summed E-state index contributed by atoms with van der Waals surface area (Å²) in [5.74, 6) is 0. The van der Waals surface area contributed by atoms with E-state index in [1.54, 1.807) is 6.07 Å². The molecular formula is C12H12F3N3. The van der Waals surface area contributed by atoms with Gasteiger partial charge in [-0.05, 0) is 18.2 Å². The average molecular weight is 255 g/mol. The first-order chi connectivity index (χ1) is 8.52. The third-order valence-electron chi connectivity index (χ3n) is 2.91. The van der Waals surface area contributed by atoms with E-state index < -0.39 is 11.7 Å². The van der Waals surface area contributed by atoms with E-state index in [1.807, 2.05) is 4.90 Å². The number of piperazine rings is 1. The summed E-state index contributed by atoms with van der Waals surface area (Å²) < 4.78 is 37.9. The summed E-state index contributed by atoms with van der Waals surface area (Å²) in [6.07, 6.45) is -4.48. The molecule has 1 aromatic carbocycles. The van der Waals surface area contributed by atoms with Crippen LogP contribution >= 0.6 is 0 Å². The van der Waals surface area contributed by atoms with Crippen LogP contribution in [0.1, 0.15) is 11.1 Å². The van der Waals surface area contributed by atoms with Gasteiger partial charge < -0.3 is 10.2 Å². The lowest BCUT2D eigenvalue weighted by molar-refractivity contribution is -0.137. The number of hydrogen-bond acceptors (Lipinski definition) is 3. The molecular weight excluding hydrogens is 243 g/mol. The van der Waals surface area contributed by atoms with E-state index in [2.05, 4.69) is 5.32 Å². The average Bonchev–Trinajstić information content (AvgIpc) is 2.38. The van der Waals surface area contributed by atoms with E-state index in [1.165, 1.54) is 12.1 Å². The fourth-order valence-electron chi connectivity index (χ4n) is 1.99. The van der Waals surface area contributed by atoms with Crippen LogP contribution < -0.4 is 10.2 Å². The molecule has 1 heterocycles. The molecule has 1 aliphatic rings. The minimum atomic E-state index is -4.48. The van der Waals surface area contributed by atoms with Gasteiger partial charge in [-0.15, -0.1) is 0 Å². The molecule has 0 spiro atoms. The number of nitrogens with one attached hydrogen (secondary N) is 1. The summed E-state index contributed by atoms with van der Waals surface area (Å²) in [4.78, 5) is 1.97. The van der Waals surface area contributed by atoms with Crippen LogP contribution in [0.25, 0.3) is 0 Å². The Kier molecular flexibility index (Phi) is 3.43. The standard InChI is InChI=1S/C12H12F3N3/c13-12(14,15)11-2-1-10(7-9(11)8-16)18-5-3-17-4-6-18/h1-2,7,17H,3-6H2. The highest BCUT2D eigenvalue weighted by atomic mass is 19.4. The van der Waals surface area contributed by atoms with Crippen molar-refractivity contribution in [3.8, 4) is 6.07 Å². The van der Waals surface area contributed by atoms with E-state index in [0.29, 0.717) is 5.69 Å². The number of benzene rings is 1. The molecule has 18 heavy (non-hydrogen) atoms. The van der Waals surface area contributed by atoms with Gasteiger partial charge in [-0.2, -0.15) is 18.4 Å². The molecule has 6 heteroatoms. The Hall–Kier alpha value is -1.74. The number of hydrogen-bond donors (Lipinski definition) is 1. The quantitative estimate of drug-likeness (QED) is 0.834. The molecule has 3 nitrogen and oxygen atoms in total. The van der Waals surface area contributed by atoms with E-state index in [-0.39, 0.29) is 5.56 Å². The van der Waals surface area contributed by atoms with Gasteiger partial charge in [0.25, 0.3) is 0 Å². The van der Waals surface area contributed by atoms with Crippen LogP contribution in [0.2, 0.25) is 0 Å². The maximum atomic E-state index is 12.6. The normalized spacial score (nSPS) is 16.4. The molecule has 1 N–H and O–H groups in total. The highest BCUT2D eigenvalue weighted by molar-refractivity contribution is 5.55. The number of nitrogens with zero attached hydrogens (tertiary/aromatic N) is 2.